The van der Waals surface area contributed by atoms with Gasteiger partial charge in [-0.05, 0) is 56.0 Å². The summed E-state index contributed by atoms with van der Waals surface area (Å²) in [6, 6.07) is 9.10. The third-order valence-corrected chi connectivity index (χ3v) is 6.46. The van der Waals surface area contributed by atoms with E-state index in [-0.39, 0.29) is 35.4 Å². The standard InChI is InChI=1S/C26H30N2O6S/c1-7-13-32-26(31)20-17(4)22(25(30)28(5)6)35-24(20)27-23(29)19-12-11-18(34-19)14-33-21-15(2)9-8-10-16(21)3/h8-12H,7,13-14H2,1-6H3,(H,27,29). The zero-order valence-corrected chi connectivity index (χ0v) is 21.6. The minimum absolute atomic E-state index is 0.0597. The molecular formula is C26H30N2O6S. The maximum Gasteiger partial charge on any atom is 0.341 e. The molecule has 2 aromatic heterocycles. The molecule has 2 amide bonds. The van der Waals surface area contributed by atoms with E-state index in [0.29, 0.717) is 22.6 Å². The molecule has 1 N–H and O–H groups in total. The highest BCUT2D eigenvalue weighted by atomic mass is 32.1. The molecule has 0 aliphatic carbocycles. The van der Waals surface area contributed by atoms with E-state index in [4.69, 9.17) is 13.9 Å². The van der Waals surface area contributed by atoms with Crippen LogP contribution in [0.3, 0.4) is 0 Å². The van der Waals surface area contributed by atoms with E-state index in [1.165, 1.54) is 4.90 Å². The number of furan rings is 1. The fourth-order valence-electron chi connectivity index (χ4n) is 3.43. The van der Waals surface area contributed by atoms with Gasteiger partial charge < -0.3 is 24.1 Å². The van der Waals surface area contributed by atoms with Crippen molar-refractivity contribution >= 4 is 34.1 Å². The van der Waals surface area contributed by atoms with E-state index in [9.17, 15) is 14.4 Å². The number of benzene rings is 1. The van der Waals surface area contributed by atoms with Gasteiger partial charge in [0.15, 0.2) is 5.76 Å². The molecule has 0 spiro atoms. The summed E-state index contributed by atoms with van der Waals surface area (Å²) >= 11 is 1.03. The third kappa shape index (κ3) is 5.92. The number of thiophene rings is 1. The molecule has 0 saturated heterocycles. The van der Waals surface area contributed by atoms with Crippen LogP contribution in [-0.2, 0) is 11.3 Å². The quantitative estimate of drug-likeness (QED) is 0.399. The predicted molar refractivity (Wildman–Crippen MR) is 135 cm³/mol. The number of esters is 1. The van der Waals surface area contributed by atoms with Crippen LogP contribution in [0.1, 0.15) is 66.4 Å². The normalized spacial score (nSPS) is 10.7. The summed E-state index contributed by atoms with van der Waals surface area (Å²) in [5, 5.41) is 2.96. The van der Waals surface area contributed by atoms with Gasteiger partial charge in [-0.25, -0.2) is 4.79 Å². The Morgan fingerprint density at radius 1 is 1.06 bits per heavy atom. The molecule has 9 heteroatoms. The van der Waals surface area contributed by atoms with Gasteiger partial charge >= 0.3 is 5.97 Å². The Morgan fingerprint density at radius 3 is 2.37 bits per heavy atom. The zero-order chi connectivity index (χ0) is 25.7. The van der Waals surface area contributed by atoms with Gasteiger partial charge in [0.1, 0.15) is 23.1 Å². The second-order valence-corrected chi connectivity index (χ2v) is 9.35. The Balaban J connectivity index is 1.80. The Hall–Kier alpha value is -3.59. The van der Waals surface area contributed by atoms with Gasteiger partial charge in [-0.1, -0.05) is 25.1 Å². The van der Waals surface area contributed by atoms with Gasteiger partial charge in [0.2, 0.25) is 0 Å². The number of nitrogens with one attached hydrogen (secondary N) is 1. The van der Waals surface area contributed by atoms with Crippen LogP contribution >= 0.6 is 11.3 Å². The van der Waals surface area contributed by atoms with Gasteiger partial charge in [-0.2, -0.15) is 0 Å². The first-order valence-electron chi connectivity index (χ1n) is 11.2. The Labute approximate surface area is 208 Å². The number of carbonyl (C=O) groups is 3. The van der Waals surface area contributed by atoms with Crippen molar-refractivity contribution < 1.29 is 28.3 Å². The minimum Gasteiger partial charge on any atom is -0.485 e. The number of carbonyl (C=O) groups excluding carboxylic acids is 3. The highest BCUT2D eigenvalue weighted by Gasteiger charge is 2.28. The predicted octanol–water partition coefficient (Wildman–Crippen LogP) is 5.37. The number of amides is 2. The van der Waals surface area contributed by atoms with Crippen LogP contribution in [0.2, 0.25) is 0 Å². The van der Waals surface area contributed by atoms with E-state index in [1.807, 2.05) is 39.0 Å². The lowest BCUT2D eigenvalue weighted by Crippen LogP contribution is -2.21. The molecule has 0 bridgehead atoms. The van der Waals surface area contributed by atoms with Crippen molar-refractivity contribution in [1.29, 1.82) is 0 Å². The van der Waals surface area contributed by atoms with E-state index in [0.717, 1.165) is 28.2 Å². The summed E-state index contributed by atoms with van der Waals surface area (Å²) in [4.78, 5) is 40.0. The molecule has 0 saturated carbocycles. The first-order chi connectivity index (χ1) is 16.6. The molecule has 1 aromatic carbocycles. The molecule has 3 aromatic rings. The van der Waals surface area contributed by atoms with Gasteiger partial charge in [-0.15, -0.1) is 11.3 Å². The van der Waals surface area contributed by atoms with Crippen LogP contribution in [0.15, 0.2) is 34.7 Å². The highest BCUT2D eigenvalue weighted by Crippen LogP contribution is 2.35. The molecular weight excluding hydrogens is 468 g/mol. The Bertz CT molecular complexity index is 1220. The van der Waals surface area contributed by atoms with Gasteiger partial charge in [0.25, 0.3) is 11.8 Å². The Morgan fingerprint density at radius 2 is 1.74 bits per heavy atom. The fraction of sp³-hybridized carbons (Fsp3) is 0.346. The molecule has 8 nitrogen and oxygen atoms in total. The molecule has 0 atom stereocenters. The molecule has 35 heavy (non-hydrogen) atoms. The highest BCUT2D eigenvalue weighted by molar-refractivity contribution is 7.18. The smallest absolute Gasteiger partial charge is 0.341 e. The molecule has 0 fully saturated rings. The van der Waals surface area contributed by atoms with Crippen molar-refractivity contribution in [2.45, 2.75) is 40.7 Å². The summed E-state index contributed by atoms with van der Waals surface area (Å²) in [6.45, 7) is 7.88. The molecule has 3 rings (SSSR count). The number of para-hydroxylation sites is 1. The molecule has 186 valence electrons. The third-order valence-electron chi connectivity index (χ3n) is 5.27. The van der Waals surface area contributed by atoms with E-state index < -0.39 is 11.9 Å². The van der Waals surface area contributed by atoms with Crippen LogP contribution in [-0.4, -0.2) is 43.4 Å². The van der Waals surface area contributed by atoms with Crippen LogP contribution in [0.25, 0.3) is 0 Å². The van der Waals surface area contributed by atoms with E-state index in [1.54, 1.807) is 33.2 Å². The lowest BCUT2D eigenvalue weighted by atomic mass is 10.1. The van der Waals surface area contributed by atoms with Crippen molar-refractivity contribution in [3.63, 3.8) is 0 Å². The zero-order valence-electron chi connectivity index (χ0n) is 20.8. The maximum atomic E-state index is 12.9. The average Bonchev–Trinajstić information content (AvgIpc) is 3.41. The first kappa shape index (κ1) is 26.0. The molecule has 0 aliphatic heterocycles. The monoisotopic (exact) mass is 498 g/mol. The SMILES string of the molecule is CCCOC(=O)c1c(NC(=O)c2ccc(COc3c(C)cccc3C)o2)sc(C(=O)N(C)C)c1C. The lowest BCUT2D eigenvalue weighted by Gasteiger charge is -2.10. The number of rotatable bonds is 9. The van der Waals surface area contributed by atoms with Gasteiger partial charge in [0.05, 0.1) is 17.0 Å². The van der Waals surface area contributed by atoms with Crippen LogP contribution in [0.4, 0.5) is 5.00 Å². The summed E-state index contributed by atoms with van der Waals surface area (Å²) in [5.41, 5.74) is 2.65. The number of ether oxygens (including phenoxy) is 2. The summed E-state index contributed by atoms with van der Waals surface area (Å²) < 4.78 is 16.9. The number of hydrogen-bond acceptors (Lipinski definition) is 7. The summed E-state index contributed by atoms with van der Waals surface area (Å²) in [7, 11) is 3.25. The molecule has 2 heterocycles. The second kappa shape index (κ2) is 11.2. The van der Waals surface area contributed by atoms with Crippen molar-refractivity contribution in [2.75, 3.05) is 26.0 Å². The maximum absolute atomic E-state index is 12.9. The summed E-state index contributed by atoms with van der Waals surface area (Å²) in [5.74, 6) is -0.0803. The molecule has 0 aliphatic rings. The van der Waals surface area contributed by atoms with E-state index in [2.05, 4.69) is 5.32 Å². The minimum atomic E-state index is -0.587. The fourth-order valence-corrected chi connectivity index (χ4v) is 4.65. The van der Waals surface area contributed by atoms with Crippen molar-refractivity contribution in [1.82, 2.24) is 4.90 Å². The first-order valence-corrected chi connectivity index (χ1v) is 12.1. The van der Waals surface area contributed by atoms with Crippen molar-refractivity contribution in [2.24, 2.45) is 0 Å². The Kier molecular flexibility index (Phi) is 8.34. The lowest BCUT2D eigenvalue weighted by molar-refractivity contribution is 0.0506. The number of aryl methyl sites for hydroxylation is 2. The van der Waals surface area contributed by atoms with E-state index >= 15 is 0 Å². The number of hydrogen-bond donors (Lipinski definition) is 1. The largest absolute Gasteiger partial charge is 0.485 e. The van der Waals surface area contributed by atoms with Crippen molar-refractivity contribution in [3.05, 3.63) is 69.0 Å². The molecule has 0 radical (unpaired) electrons. The number of anilines is 1. The van der Waals surface area contributed by atoms with Crippen LogP contribution in [0.5, 0.6) is 5.75 Å². The van der Waals surface area contributed by atoms with Crippen molar-refractivity contribution in [3.8, 4) is 5.75 Å². The second-order valence-electron chi connectivity index (χ2n) is 8.33. The average molecular weight is 499 g/mol. The van der Waals surface area contributed by atoms with Crippen LogP contribution in [0, 0.1) is 20.8 Å². The van der Waals surface area contributed by atoms with Gasteiger partial charge in [0, 0.05) is 14.1 Å². The summed E-state index contributed by atoms with van der Waals surface area (Å²) in [6.07, 6.45) is 0.652. The molecule has 0 unspecified atom stereocenters. The topological polar surface area (TPSA) is 98.1 Å². The van der Waals surface area contributed by atoms with Gasteiger partial charge in [-0.3, -0.25) is 9.59 Å². The number of nitrogens with zero attached hydrogens (tertiary/aromatic N) is 1. The van der Waals surface area contributed by atoms with Crippen LogP contribution < -0.4 is 10.1 Å².